The Hall–Kier alpha value is -3.26. The van der Waals surface area contributed by atoms with E-state index in [1.807, 2.05) is 37.3 Å². The van der Waals surface area contributed by atoms with Crippen LogP contribution >= 0.6 is 0 Å². The molecule has 3 aromatic rings. The maximum Gasteiger partial charge on any atom is 0.354 e. The monoisotopic (exact) mass is 393 g/mol. The molecule has 0 radical (unpaired) electrons. The third kappa shape index (κ3) is 4.12. The van der Waals surface area contributed by atoms with Gasteiger partial charge >= 0.3 is 5.97 Å². The van der Waals surface area contributed by atoms with E-state index in [1.165, 1.54) is 11.6 Å². The standard InChI is InChI=1S/C21H23N5O3/c1-14-6-8-16(9-7-14)19-23-20(29-24-19)15(2)25-10-12-26(13-11-25)18-5-3-4-17(22-18)21(27)28/h3-9,15H,10-13H2,1-2H3,(H,27,28). The largest absolute Gasteiger partial charge is 0.477 e. The number of nitrogens with zero attached hydrogens (tertiary/aromatic N) is 5. The molecule has 150 valence electrons. The Morgan fingerprint density at radius 2 is 1.79 bits per heavy atom. The van der Waals surface area contributed by atoms with Crippen molar-refractivity contribution in [3.63, 3.8) is 0 Å². The molecule has 1 saturated heterocycles. The van der Waals surface area contributed by atoms with Crippen molar-refractivity contribution in [1.82, 2.24) is 20.0 Å². The van der Waals surface area contributed by atoms with Gasteiger partial charge in [0.2, 0.25) is 11.7 Å². The zero-order valence-electron chi connectivity index (χ0n) is 16.4. The van der Waals surface area contributed by atoms with E-state index in [9.17, 15) is 4.79 Å². The summed E-state index contributed by atoms with van der Waals surface area (Å²) in [6, 6.07) is 13.1. The molecule has 1 atom stereocenters. The van der Waals surface area contributed by atoms with Crippen LogP contribution in [0.25, 0.3) is 11.4 Å². The molecule has 8 heteroatoms. The molecular weight excluding hydrogens is 370 g/mol. The van der Waals surface area contributed by atoms with E-state index >= 15 is 0 Å². The van der Waals surface area contributed by atoms with Gasteiger partial charge in [-0.25, -0.2) is 9.78 Å². The Bertz CT molecular complexity index is 994. The lowest BCUT2D eigenvalue weighted by atomic mass is 10.1. The fourth-order valence-electron chi connectivity index (χ4n) is 3.44. The van der Waals surface area contributed by atoms with Crippen molar-refractivity contribution in [3.05, 3.63) is 59.6 Å². The zero-order valence-corrected chi connectivity index (χ0v) is 16.4. The molecule has 8 nitrogen and oxygen atoms in total. The van der Waals surface area contributed by atoms with E-state index in [2.05, 4.69) is 31.8 Å². The molecule has 0 bridgehead atoms. The van der Waals surface area contributed by atoms with E-state index in [0.29, 0.717) is 17.5 Å². The normalized spacial score (nSPS) is 16.0. The molecule has 1 fully saturated rings. The molecule has 0 aliphatic carbocycles. The van der Waals surface area contributed by atoms with E-state index in [0.717, 1.165) is 31.7 Å². The lowest BCUT2D eigenvalue weighted by Gasteiger charge is -2.37. The van der Waals surface area contributed by atoms with Crippen LogP contribution < -0.4 is 4.90 Å². The molecule has 1 aromatic carbocycles. The zero-order chi connectivity index (χ0) is 20.4. The minimum absolute atomic E-state index is 0.00200. The number of aromatic nitrogens is 3. The quantitative estimate of drug-likeness (QED) is 0.707. The number of piperazine rings is 1. The molecule has 0 spiro atoms. The molecular formula is C21H23N5O3. The van der Waals surface area contributed by atoms with E-state index in [1.54, 1.807) is 6.07 Å². The number of anilines is 1. The highest BCUT2D eigenvalue weighted by molar-refractivity contribution is 5.85. The summed E-state index contributed by atoms with van der Waals surface area (Å²) >= 11 is 0. The predicted molar refractivity (Wildman–Crippen MR) is 108 cm³/mol. The van der Waals surface area contributed by atoms with E-state index in [-0.39, 0.29) is 11.7 Å². The second kappa shape index (κ2) is 8.00. The molecule has 1 N–H and O–H groups in total. The van der Waals surface area contributed by atoms with Crippen LogP contribution in [-0.4, -0.2) is 57.3 Å². The fraction of sp³-hybridized carbons (Fsp3) is 0.333. The number of rotatable bonds is 5. The Morgan fingerprint density at radius 3 is 2.48 bits per heavy atom. The minimum Gasteiger partial charge on any atom is -0.477 e. The minimum atomic E-state index is -1.01. The van der Waals surface area contributed by atoms with Crippen molar-refractivity contribution in [3.8, 4) is 11.4 Å². The van der Waals surface area contributed by atoms with Gasteiger partial charge in [0.25, 0.3) is 0 Å². The van der Waals surface area contributed by atoms with Crippen LogP contribution in [0.1, 0.15) is 34.9 Å². The van der Waals surface area contributed by atoms with Gasteiger partial charge in [0.1, 0.15) is 5.82 Å². The highest BCUT2D eigenvalue weighted by Crippen LogP contribution is 2.24. The first kappa shape index (κ1) is 19.1. The van der Waals surface area contributed by atoms with Crippen LogP contribution in [0.2, 0.25) is 0 Å². The Labute approximate surface area is 168 Å². The Kier molecular flexibility index (Phi) is 5.26. The summed E-state index contributed by atoms with van der Waals surface area (Å²) in [7, 11) is 0. The molecule has 2 aromatic heterocycles. The summed E-state index contributed by atoms with van der Waals surface area (Å²) in [4.78, 5) is 24.3. The number of benzene rings is 1. The molecule has 1 aliphatic rings. The van der Waals surface area contributed by atoms with Crippen LogP contribution in [0.15, 0.2) is 47.0 Å². The summed E-state index contributed by atoms with van der Waals surface area (Å²) < 4.78 is 5.52. The summed E-state index contributed by atoms with van der Waals surface area (Å²) in [5.74, 6) is 0.872. The van der Waals surface area contributed by atoms with Gasteiger partial charge in [-0.2, -0.15) is 4.98 Å². The number of pyridine rings is 1. The lowest BCUT2D eigenvalue weighted by molar-refractivity contribution is 0.0690. The highest BCUT2D eigenvalue weighted by Gasteiger charge is 2.26. The lowest BCUT2D eigenvalue weighted by Crippen LogP contribution is -2.47. The predicted octanol–water partition coefficient (Wildman–Crippen LogP) is 3.02. The van der Waals surface area contributed by atoms with Gasteiger partial charge in [0, 0.05) is 31.7 Å². The van der Waals surface area contributed by atoms with Crippen LogP contribution in [-0.2, 0) is 0 Å². The first-order valence-electron chi connectivity index (χ1n) is 9.61. The number of carboxylic acid groups (broad SMARTS) is 1. The van der Waals surface area contributed by atoms with Crippen LogP contribution in [0.3, 0.4) is 0 Å². The second-order valence-corrected chi connectivity index (χ2v) is 7.21. The molecule has 0 amide bonds. The number of aryl methyl sites for hydroxylation is 1. The third-order valence-electron chi connectivity index (χ3n) is 5.25. The molecule has 1 aliphatic heterocycles. The van der Waals surface area contributed by atoms with E-state index in [4.69, 9.17) is 9.63 Å². The smallest absolute Gasteiger partial charge is 0.354 e. The number of hydrogen-bond acceptors (Lipinski definition) is 7. The van der Waals surface area contributed by atoms with Gasteiger partial charge in [-0.15, -0.1) is 0 Å². The third-order valence-corrected chi connectivity index (χ3v) is 5.25. The first-order valence-corrected chi connectivity index (χ1v) is 9.61. The molecule has 4 rings (SSSR count). The number of carbonyl (C=O) groups is 1. The molecule has 0 saturated carbocycles. The fourth-order valence-corrected chi connectivity index (χ4v) is 3.44. The Morgan fingerprint density at radius 1 is 1.07 bits per heavy atom. The van der Waals surface area contributed by atoms with Gasteiger partial charge in [-0.1, -0.05) is 41.1 Å². The summed E-state index contributed by atoms with van der Waals surface area (Å²) in [5, 5.41) is 13.3. The SMILES string of the molecule is Cc1ccc(-c2noc(C(C)N3CCN(c4cccc(C(=O)O)n4)CC3)n2)cc1. The van der Waals surface area contributed by atoms with Crippen molar-refractivity contribution in [2.45, 2.75) is 19.9 Å². The van der Waals surface area contributed by atoms with E-state index < -0.39 is 5.97 Å². The van der Waals surface area contributed by atoms with Gasteiger partial charge < -0.3 is 14.5 Å². The van der Waals surface area contributed by atoms with Crippen LogP contribution in [0.4, 0.5) is 5.82 Å². The van der Waals surface area contributed by atoms with Gasteiger partial charge in [0.15, 0.2) is 5.69 Å². The average Bonchev–Trinajstić information content (AvgIpc) is 3.24. The van der Waals surface area contributed by atoms with Gasteiger partial charge in [-0.05, 0) is 26.0 Å². The summed E-state index contributed by atoms with van der Waals surface area (Å²) in [5.41, 5.74) is 2.19. The first-order chi connectivity index (χ1) is 14.0. The maximum atomic E-state index is 11.1. The van der Waals surface area contributed by atoms with Gasteiger partial charge in [0.05, 0.1) is 6.04 Å². The summed E-state index contributed by atoms with van der Waals surface area (Å²) in [6.07, 6.45) is 0. The van der Waals surface area contributed by atoms with Crippen molar-refractivity contribution < 1.29 is 14.4 Å². The maximum absolute atomic E-state index is 11.1. The average molecular weight is 393 g/mol. The van der Waals surface area contributed by atoms with Crippen LogP contribution in [0, 0.1) is 6.92 Å². The topological polar surface area (TPSA) is 95.6 Å². The number of hydrogen-bond donors (Lipinski definition) is 1. The van der Waals surface area contributed by atoms with Crippen LogP contribution in [0.5, 0.6) is 0 Å². The number of carboxylic acids is 1. The summed E-state index contributed by atoms with van der Waals surface area (Å²) in [6.45, 7) is 7.19. The molecule has 1 unspecified atom stereocenters. The van der Waals surface area contributed by atoms with Crippen molar-refractivity contribution in [2.75, 3.05) is 31.1 Å². The van der Waals surface area contributed by atoms with Gasteiger partial charge in [-0.3, -0.25) is 4.90 Å². The number of aromatic carboxylic acids is 1. The highest BCUT2D eigenvalue weighted by atomic mass is 16.5. The molecule has 29 heavy (non-hydrogen) atoms. The second-order valence-electron chi connectivity index (χ2n) is 7.21. The Balaban J connectivity index is 1.40. The molecule has 3 heterocycles. The van der Waals surface area contributed by atoms with Crippen molar-refractivity contribution >= 4 is 11.8 Å². The van der Waals surface area contributed by atoms with Crippen molar-refractivity contribution in [1.29, 1.82) is 0 Å². The van der Waals surface area contributed by atoms with Crippen molar-refractivity contribution in [2.24, 2.45) is 0 Å².